The zero-order chi connectivity index (χ0) is 14.4. The molecule has 2 nitrogen and oxygen atoms in total. The molecule has 102 valence electrons. The molecule has 0 bridgehead atoms. The molecule has 0 fully saturated rings. The molecule has 0 unspecified atom stereocenters. The van der Waals surface area contributed by atoms with Gasteiger partial charge in [0.25, 0.3) is 0 Å². The Morgan fingerprint density at radius 2 is 1.90 bits per heavy atom. The molecule has 2 aromatic heterocycles. The number of hydrogen-bond acceptors (Lipinski definition) is 1. The van der Waals surface area contributed by atoms with Gasteiger partial charge in [-0.25, -0.2) is 4.98 Å². The van der Waals surface area contributed by atoms with Gasteiger partial charge in [-0.1, -0.05) is 46.3 Å². The lowest BCUT2D eigenvalue weighted by Crippen LogP contribution is -1.86. The molecule has 3 heteroatoms. The number of pyridine rings is 1. The molecule has 4 aromatic rings. The van der Waals surface area contributed by atoms with Gasteiger partial charge in [0.1, 0.15) is 5.65 Å². The molecule has 2 heterocycles. The Morgan fingerprint density at radius 3 is 2.76 bits per heavy atom. The van der Waals surface area contributed by atoms with Crippen LogP contribution in [0.2, 0.25) is 0 Å². The number of benzene rings is 2. The lowest BCUT2D eigenvalue weighted by molar-refractivity contribution is 1.20. The first-order valence-electron chi connectivity index (χ1n) is 6.85. The number of rotatable bonds is 1. The van der Waals surface area contributed by atoms with Crippen LogP contribution in [0, 0.1) is 6.92 Å². The third-order valence-electron chi connectivity index (χ3n) is 3.74. The predicted octanol–water partition coefficient (Wildman–Crippen LogP) is 5.23. The number of halogens is 1. The molecule has 0 saturated heterocycles. The second kappa shape index (κ2) is 4.71. The Morgan fingerprint density at radius 1 is 1.05 bits per heavy atom. The predicted molar refractivity (Wildman–Crippen MR) is 90.6 cm³/mol. The Bertz CT molecular complexity index is 969. The zero-order valence-electron chi connectivity index (χ0n) is 11.5. The fourth-order valence-electron chi connectivity index (χ4n) is 2.76. The molecule has 0 saturated carbocycles. The Balaban J connectivity index is 1.99. The standard InChI is InChI=1S/C18H13BrN2/c1-12-11-21-9-8-14-10-13(6-7-16(14)18(21)20-12)15-4-2-3-5-17(15)19/h2-11H,1H3. The topological polar surface area (TPSA) is 17.3 Å². The van der Waals surface area contributed by atoms with Gasteiger partial charge in [0.15, 0.2) is 0 Å². The first-order chi connectivity index (χ1) is 10.2. The van der Waals surface area contributed by atoms with Crippen LogP contribution >= 0.6 is 15.9 Å². The van der Waals surface area contributed by atoms with E-state index in [0.717, 1.165) is 15.8 Å². The molecular weight excluding hydrogens is 324 g/mol. The third-order valence-corrected chi connectivity index (χ3v) is 4.44. The van der Waals surface area contributed by atoms with Gasteiger partial charge in [-0.3, -0.25) is 0 Å². The van der Waals surface area contributed by atoms with Crippen LogP contribution in [-0.2, 0) is 0 Å². The largest absolute Gasteiger partial charge is 0.306 e. The van der Waals surface area contributed by atoms with Crippen molar-refractivity contribution in [2.45, 2.75) is 6.92 Å². The van der Waals surface area contributed by atoms with Crippen molar-refractivity contribution in [3.63, 3.8) is 0 Å². The molecule has 0 aliphatic carbocycles. The summed E-state index contributed by atoms with van der Waals surface area (Å²) in [5.41, 5.74) is 4.47. The van der Waals surface area contributed by atoms with E-state index in [1.54, 1.807) is 0 Å². The molecule has 0 aliphatic rings. The van der Waals surface area contributed by atoms with Crippen LogP contribution in [0.3, 0.4) is 0 Å². The number of aryl methyl sites for hydroxylation is 1. The maximum absolute atomic E-state index is 4.61. The molecule has 4 rings (SSSR count). The van der Waals surface area contributed by atoms with Crippen LogP contribution in [0.15, 0.2) is 65.4 Å². The van der Waals surface area contributed by atoms with Crippen molar-refractivity contribution >= 4 is 32.3 Å². The highest BCUT2D eigenvalue weighted by Gasteiger charge is 2.07. The van der Waals surface area contributed by atoms with E-state index in [1.807, 2.05) is 13.0 Å². The molecule has 21 heavy (non-hydrogen) atoms. The summed E-state index contributed by atoms with van der Waals surface area (Å²) < 4.78 is 3.19. The van der Waals surface area contributed by atoms with Crippen molar-refractivity contribution in [2.24, 2.45) is 0 Å². The zero-order valence-corrected chi connectivity index (χ0v) is 13.1. The van der Waals surface area contributed by atoms with Crippen molar-refractivity contribution < 1.29 is 0 Å². The Kier molecular flexibility index (Phi) is 2.82. The summed E-state index contributed by atoms with van der Waals surface area (Å²) in [6.45, 7) is 2.02. The average Bonchev–Trinajstić information content (AvgIpc) is 2.88. The molecule has 0 radical (unpaired) electrons. The number of nitrogens with zero attached hydrogens (tertiary/aromatic N) is 2. The average molecular weight is 337 g/mol. The lowest BCUT2D eigenvalue weighted by atomic mass is 10.0. The first-order valence-corrected chi connectivity index (χ1v) is 7.65. The second-order valence-electron chi connectivity index (χ2n) is 5.21. The lowest BCUT2D eigenvalue weighted by Gasteiger charge is -2.07. The van der Waals surface area contributed by atoms with Crippen LogP contribution in [0.1, 0.15) is 5.69 Å². The highest BCUT2D eigenvalue weighted by atomic mass is 79.9. The molecule has 0 amide bonds. The fraction of sp³-hybridized carbons (Fsp3) is 0.0556. The minimum absolute atomic E-state index is 1.02. The minimum Gasteiger partial charge on any atom is -0.306 e. The SMILES string of the molecule is Cc1cn2ccc3cc(-c4ccccc4Br)ccc3c2n1. The van der Waals surface area contributed by atoms with Crippen LogP contribution < -0.4 is 0 Å². The normalized spacial score (nSPS) is 11.3. The van der Waals surface area contributed by atoms with E-state index in [0.29, 0.717) is 0 Å². The Labute approximate surface area is 131 Å². The molecule has 0 spiro atoms. The van der Waals surface area contributed by atoms with E-state index in [1.165, 1.54) is 21.9 Å². The van der Waals surface area contributed by atoms with Gasteiger partial charge in [0.05, 0.1) is 5.69 Å². The van der Waals surface area contributed by atoms with Crippen molar-refractivity contribution in [1.29, 1.82) is 0 Å². The van der Waals surface area contributed by atoms with Crippen molar-refractivity contribution in [3.8, 4) is 11.1 Å². The second-order valence-corrected chi connectivity index (χ2v) is 6.07. The van der Waals surface area contributed by atoms with E-state index < -0.39 is 0 Å². The molecular formula is C18H13BrN2. The minimum atomic E-state index is 1.02. The van der Waals surface area contributed by atoms with Gasteiger partial charge in [0, 0.05) is 22.3 Å². The highest BCUT2D eigenvalue weighted by Crippen LogP contribution is 2.31. The van der Waals surface area contributed by atoms with Crippen molar-refractivity contribution in [3.05, 3.63) is 71.1 Å². The van der Waals surface area contributed by atoms with E-state index in [4.69, 9.17) is 0 Å². The van der Waals surface area contributed by atoms with Crippen molar-refractivity contribution in [1.82, 2.24) is 9.38 Å². The van der Waals surface area contributed by atoms with Gasteiger partial charge in [-0.2, -0.15) is 0 Å². The fourth-order valence-corrected chi connectivity index (χ4v) is 3.27. The van der Waals surface area contributed by atoms with Crippen LogP contribution in [0.4, 0.5) is 0 Å². The maximum atomic E-state index is 4.61. The van der Waals surface area contributed by atoms with E-state index >= 15 is 0 Å². The number of imidazole rings is 1. The smallest absolute Gasteiger partial charge is 0.144 e. The number of fused-ring (bicyclic) bond motifs is 3. The first kappa shape index (κ1) is 12.6. The van der Waals surface area contributed by atoms with E-state index in [9.17, 15) is 0 Å². The quantitative estimate of drug-likeness (QED) is 0.465. The van der Waals surface area contributed by atoms with Gasteiger partial charge >= 0.3 is 0 Å². The summed E-state index contributed by atoms with van der Waals surface area (Å²) in [6.07, 6.45) is 4.12. The highest BCUT2D eigenvalue weighted by molar-refractivity contribution is 9.10. The summed E-state index contributed by atoms with van der Waals surface area (Å²) >= 11 is 3.62. The third kappa shape index (κ3) is 2.05. The summed E-state index contributed by atoms with van der Waals surface area (Å²) in [6, 6.07) is 17.0. The number of aromatic nitrogens is 2. The van der Waals surface area contributed by atoms with E-state index in [2.05, 4.69) is 80.2 Å². The molecule has 0 atom stereocenters. The van der Waals surface area contributed by atoms with Gasteiger partial charge < -0.3 is 4.40 Å². The van der Waals surface area contributed by atoms with Gasteiger partial charge in [-0.15, -0.1) is 0 Å². The maximum Gasteiger partial charge on any atom is 0.144 e. The monoisotopic (exact) mass is 336 g/mol. The summed E-state index contributed by atoms with van der Waals surface area (Å²) in [5, 5.41) is 2.39. The van der Waals surface area contributed by atoms with Crippen LogP contribution in [0.5, 0.6) is 0 Å². The summed E-state index contributed by atoms with van der Waals surface area (Å²) in [7, 11) is 0. The van der Waals surface area contributed by atoms with Gasteiger partial charge in [0.2, 0.25) is 0 Å². The van der Waals surface area contributed by atoms with Crippen LogP contribution in [0.25, 0.3) is 27.5 Å². The number of hydrogen-bond donors (Lipinski definition) is 0. The summed E-state index contributed by atoms with van der Waals surface area (Å²) in [4.78, 5) is 4.61. The van der Waals surface area contributed by atoms with Gasteiger partial charge in [-0.05, 0) is 41.6 Å². The summed E-state index contributed by atoms with van der Waals surface area (Å²) in [5.74, 6) is 0. The van der Waals surface area contributed by atoms with E-state index in [-0.39, 0.29) is 0 Å². The molecule has 2 aromatic carbocycles. The van der Waals surface area contributed by atoms with Crippen molar-refractivity contribution in [2.75, 3.05) is 0 Å². The van der Waals surface area contributed by atoms with Crippen LogP contribution in [-0.4, -0.2) is 9.38 Å². The Hall–Kier alpha value is -2.13. The molecule has 0 N–H and O–H groups in total. The molecule has 0 aliphatic heterocycles.